The third kappa shape index (κ3) is 4.79. The van der Waals surface area contributed by atoms with Crippen LogP contribution in [0.2, 0.25) is 5.02 Å². The van der Waals surface area contributed by atoms with Crippen LogP contribution in [0.15, 0.2) is 71.6 Å². The SMILES string of the molecule is O=C1C(=Cc2cc(Cl)ccc2OCc2ccccc2F)SC(=S)N1c1cccc(F)c1. The summed E-state index contributed by atoms with van der Waals surface area (Å²) in [6.45, 7) is 0.0133. The Bertz CT molecular complexity index is 1220. The van der Waals surface area contributed by atoms with E-state index < -0.39 is 5.82 Å². The number of hydrogen-bond acceptors (Lipinski definition) is 4. The van der Waals surface area contributed by atoms with Gasteiger partial charge in [0.15, 0.2) is 4.32 Å². The first-order chi connectivity index (χ1) is 14.9. The molecule has 156 valence electrons. The lowest BCUT2D eigenvalue weighted by Crippen LogP contribution is -2.27. The maximum atomic E-state index is 13.9. The summed E-state index contributed by atoms with van der Waals surface area (Å²) in [4.78, 5) is 14.6. The molecule has 1 fully saturated rings. The molecule has 0 bridgehead atoms. The van der Waals surface area contributed by atoms with Gasteiger partial charge >= 0.3 is 0 Å². The van der Waals surface area contributed by atoms with E-state index in [0.29, 0.717) is 32.5 Å². The van der Waals surface area contributed by atoms with E-state index in [-0.39, 0.29) is 22.7 Å². The van der Waals surface area contributed by atoms with E-state index in [0.717, 1.165) is 11.8 Å². The van der Waals surface area contributed by atoms with E-state index in [1.165, 1.54) is 29.2 Å². The smallest absolute Gasteiger partial charge is 0.270 e. The molecule has 4 rings (SSSR count). The second kappa shape index (κ2) is 9.18. The van der Waals surface area contributed by atoms with Gasteiger partial charge in [-0.1, -0.05) is 59.8 Å². The molecule has 0 spiro atoms. The van der Waals surface area contributed by atoms with Crippen molar-refractivity contribution in [3.8, 4) is 5.75 Å². The van der Waals surface area contributed by atoms with Crippen LogP contribution in [0.1, 0.15) is 11.1 Å². The highest BCUT2D eigenvalue weighted by Gasteiger charge is 2.33. The number of thiocarbonyl (C=S) groups is 1. The molecule has 1 aliphatic heterocycles. The van der Waals surface area contributed by atoms with Crippen LogP contribution >= 0.6 is 35.6 Å². The van der Waals surface area contributed by atoms with E-state index >= 15 is 0 Å². The molecular formula is C23H14ClF2NO2S2. The number of benzene rings is 3. The summed E-state index contributed by atoms with van der Waals surface area (Å²) in [5, 5.41) is 0.449. The number of nitrogens with zero attached hydrogens (tertiary/aromatic N) is 1. The number of carbonyl (C=O) groups is 1. The van der Waals surface area contributed by atoms with Crippen molar-refractivity contribution in [2.45, 2.75) is 6.61 Å². The number of ether oxygens (including phenoxy) is 1. The molecule has 0 radical (unpaired) electrons. The number of anilines is 1. The van der Waals surface area contributed by atoms with Crippen molar-refractivity contribution >= 4 is 57.6 Å². The molecule has 1 saturated heterocycles. The maximum absolute atomic E-state index is 13.9. The number of thioether (sulfide) groups is 1. The highest BCUT2D eigenvalue weighted by Crippen LogP contribution is 2.38. The zero-order valence-corrected chi connectivity index (χ0v) is 18.2. The number of rotatable bonds is 5. The second-order valence-corrected chi connectivity index (χ2v) is 8.67. The highest BCUT2D eigenvalue weighted by atomic mass is 35.5. The molecule has 1 aliphatic rings. The lowest BCUT2D eigenvalue weighted by Gasteiger charge is -2.14. The van der Waals surface area contributed by atoms with Crippen LogP contribution in [0.3, 0.4) is 0 Å². The second-order valence-electron chi connectivity index (χ2n) is 6.56. The molecule has 0 atom stereocenters. The molecule has 3 aromatic rings. The Morgan fingerprint density at radius 2 is 1.87 bits per heavy atom. The van der Waals surface area contributed by atoms with Gasteiger partial charge in [-0.3, -0.25) is 9.69 Å². The van der Waals surface area contributed by atoms with Crippen LogP contribution in [0.5, 0.6) is 5.75 Å². The minimum Gasteiger partial charge on any atom is -0.488 e. The summed E-state index contributed by atoms with van der Waals surface area (Å²) >= 11 is 12.6. The molecule has 0 saturated carbocycles. The first-order valence-corrected chi connectivity index (χ1v) is 10.7. The van der Waals surface area contributed by atoms with Gasteiger partial charge in [0, 0.05) is 16.1 Å². The summed E-state index contributed by atoms with van der Waals surface area (Å²) in [5.74, 6) is -0.771. The van der Waals surface area contributed by atoms with Gasteiger partial charge in [0.05, 0.1) is 10.6 Å². The molecule has 31 heavy (non-hydrogen) atoms. The van der Waals surface area contributed by atoms with Crippen molar-refractivity contribution in [2.24, 2.45) is 0 Å². The Morgan fingerprint density at radius 1 is 1.06 bits per heavy atom. The predicted octanol–water partition coefficient (Wildman–Crippen LogP) is 6.60. The number of halogens is 3. The minimum absolute atomic E-state index is 0.0133. The summed E-state index contributed by atoms with van der Waals surface area (Å²) in [7, 11) is 0. The fourth-order valence-electron chi connectivity index (χ4n) is 2.98. The van der Waals surface area contributed by atoms with Crippen LogP contribution < -0.4 is 9.64 Å². The maximum Gasteiger partial charge on any atom is 0.270 e. The Hall–Kier alpha value is -2.74. The molecule has 3 nitrogen and oxygen atoms in total. The number of hydrogen-bond donors (Lipinski definition) is 0. The van der Waals surface area contributed by atoms with Crippen LogP contribution in [0.25, 0.3) is 6.08 Å². The topological polar surface area (TPSA) is 29.5 Å². The largest absolute Gasteiger partial charge is 0.488 e. The van der Waals surface area contributed by atoms with Crippen molar-refractivity contribution < 1.29 is 18.3 Å². The first kappa shape index (κ1) is 21.5. The van der Waals surface area contributed by atoms with Crippen LogP contribution in [-0.2, 0) is 11.4 Å². The Balaban J connectivity index is 1.62. The fourth-order valence-corrected chi connectivity index (χ4v) is 4.45. The van der Waals surface area contributed by atoms with Crippen LogP contribution in [-0.4, -0.2) is 10.2 Å². The zero-order chi connectivity index (χ0) is 22.0. The standard InChI is InChI=1S/C23H14ClF2NO2S2/c24-16-8-9-20(29-13-14-4-1-2-7-19(14)26)15(10-16)11-21-22(28)27(23(30)31-21)18-6-3-5-17(25)12-18/h1-12H,13H2. The molecule has 1 heterocycles. The lowest BCUT2D eigenvalue weighted by molar-refractivity contribution is -0.113. The van der Waals surface area contributed by atoms with E-state index in [9.17, 15) is 13.6 Å². The average molecular weight is 474 g/mol. The normalized spacial score (nSPS) is 15.1. The lowest BCUT2D eigenvalue weighted by atomic mass is 10.1. The number of amides is 1. The quantitative estimate of drug-likeness (QED) is 0.308. The molecule has 3 aromatic carbocycles. The molecule has 0 N–H and O–H groups in total. The minimum atomic E-state index is -0.464. The number of carbonyl (C=O) groups excluding carboxylic acids is 1. The van der Waals surface area contributed by atoms with Crippen LogP contribution in [0.4, 0.5) is 14.5 Å². The van der Waals surface area contributed by atoms with Gasteiger partial charge < -0.3 is 4.74 Å². The molecule has 0 aliphatic carbocycles. The highest BCUT2D eigenvalue weighted by molar-refractivity contribution is 8.27. The first-order valence-electron chi connectivity index (χ1n) is 9.11. The van der Waals surface area contributed by atoms with Crippen molar-refractivity contribution in [1.82, 2.24) is 0 Å². The van der Waals surface area contributed by atoms with Crippen LogP contribution in [0, 0.1) is 11.6 Å². The third-order valence-corrected chi connectivity index (χ3v) is 6.00. The summed E-state index contributed by atoms with van der Waals surface area (Å²) in [5.41, 5.74) is 1.30. The molecule has 1 amide bonds. The Morgan fingerprint density at radius 3 is 2.65 bits per heavy atom. The summed E-state index contributed by atoms with van der Waals surface area (Å²) in [6, 6.07) is 16.9. The monoisotopic (exact) mass is 473 g/mol. The van der Waals surface area contributed by atoms with Gasteiger partial charge in [0.25, 0.3) is 5.91 Å². The van der Waals surface area contributed by atoms with Gasteiger partial charge in [0.2, 0.25) is 0 Å². The van der Waals surface area contributed by atoms with Gasteiger partial charge in [0.1, 0.15) is 24.0 Å². The van der Waals surface area contributed by atoms with E-state index in [4.69, 9.17) is 28.6 Å². The van der Waals surface area contributed by atoms with Crippen molar-refractivity contribution in [3.63, 3.8) is 0 Å². The summed E-state index contributed by atoms with van der Waals surface area (Å²) in [6.07, 6.45) is 1.61. The Labute approximate surface area is 192 Å². The third-order valence-electron chi connectivity index (χ3n) is 4.46. The molecular weight excluding hydrogens is 460 g/mol. The van der Waals surface area contributed by atoms with Gasteiger partial charge in [-0.15, -0.1) is 0 Å². The van der Waals surface area contributed by atoms with Crippen molar-refractivity contribution in [2.75, 3.05) is 4.90 Å². The average Bonchev–Trinajstić information content (AvgIpc) is 3.01. The van der Waals surface area contributed by atoms with E-state index in [1.54, 1.807) is 48.5 Å². The van der Waals surface area contributed by atoms with Gasteiger partial charge in [-0.05, 0) is 48.5 Å². The molecule has 0 unspecified atom stereocenters. The summed E-state index contributed by atoms with van der Waals surface area (Å²) < 4.78 is 33.6. The predicted molar refractivity (Wildman–Crippen MR) is 124 cm³/mol. The van der Waals surface area contributed by atoms with Crippen molar-refractivity contribution in [3.05, 3.63) is 99.4 Å². The van der Waals surface area contributed by atoms with E-state index in [2.05, 4.69) is 0 Å². The molecule has 0 aromatic heterocycles. The van der Waals surface area contributed by atoms with E-state index in [1.807, 2.05) is 0 Å². The Kier molecular flexibility index (Phi) is 6.36. The molecule has 8 heteroatoms. The fraction of sp³-hybridized carbons (Fsp3) is 0.0435. The van der Waals surface area contributed by atoms with Gasteiger partial charge in [-0.25, -0.2) is 8.78 Å². The zero-order valence-electron chi connectivity index (χ0n) is 15.8. The van der Waals surface area contributed by atoms with Gasteiger partial charge in [-0.2, -0.15) is 0 Å². The van der Waals surface area contributed by atoms with Crippen molar-refractivity contribution in [1.29, 1.82) is 0 Å².